The van der Waals surface area contributed by atoms with Crippen LogP contribution in [0.4, 0.5) is 4.79 Å². The Kier molecular flexibility index (Phi) is 8.45. The molecule has 0 aromatic heterocycles. The summed E-state index contributed by atoms with van der Waals surface area (Å²) in [7, 11) is 1.50. The summed E-state index contributed by atoms with van der Waals surface area (Å²) in [5.41, 5.74) is 6.20. The monoisotopic (exact) mass is 492 g/mol. The van der Waals surface area contributed by atoms with Crippen LogP contribution in [-0.2, 0) is 11.3 Å². The molecule has 1 aliphatic heterocycles. The van der Waals surface area contributed by atoms with Gasteiger partial charge in [0.05, 0.1) is 13.7 Å². The Hall–Kier alpha value is -1.91. The van der Waals surface area contributed by atoms with Crippen molar-refractivity contribution in [3.8, 4) is 11.5 Å². The van der Waals surface area contributed by atoms with Crippen LogP contribution in [0.2, 0.25) is 0 Å². The van der Waals surface area contributed by atoms with Crippen molar-refractivity contribution < 1.29 is 19.4 Å². The van der Waals surface area contributed by atoms with Gasteiger partial charge in [-0.1, -0.05) is 12.1 Å². The van der Waals surface area contributed by atoms with Crippen molar-refractivity contribution in [1.82, 2.24) is 9.80 Å². The molecule has 0 bridgehead atoms. The van der Waals surface area contributed by atoms with E-state index < -0.39 is 5.60 Å². The highest BCUT2D eigenvalue weighted by Gasteiger charge is 2.26. The Morgan fingerprint density at radius 2 is 1.81 bits per heavy atom. The summed E-state index contributed by atoms with van der Waals surface area (Å²) in [6, 6.07) is 5.25. The van der Waals surface area contributed by atoms with Crippen LogP contribution in [0.1, 0.15) is 26.3 Å². The first kappa shape index (κ1) is 23.1. The van der Waals surface area contributed by atoms with Gasteiger partial charge in [0, 0.05) is 31.7 Å². The zero-order chi connectivity index (χ0) is 19.3. The molecule has 2 rings (SSSR count). The van der Waals surface area contributed by atoms with Gasteiger partial charge in [0.2, 0.25) is 0 Å². The Morgan fingerprint density at radius 3 is 2.37 bits per heavy atom. The number of rotatable bonds is 3. The van der Waals surface area contributed by atoms with E-state index in [0.717, 1.165) is 0 Å². The Balaban J connectivity index is 0.00000364. The number of benzene rings is 1. The number of nitrogens with two attached hydrogens (primary N) is 1. The molecule has 152 valence electrons. The van der Waals surface area contributed by atoms with Gasteiger partial charge in [-0.2, -0.15) is 0 Å². The Labute approximate surface area is 177 Å². The summed E-state index contributed by atoms with van der Waals surface area (Å²) < 4.78 is 10.5. The van der Waals surface area contributed by atoms with Gasteiger partial charge in [-0.25, -0.2) is 9.79 Å². The minimum Gasteiger partial charge on any atom is -0.504 e. The number of guanidine groups is 1. The summed E-state index contributed by atoms with van der Waals surface area (Å²) in [6.45, 7) is 8.00. The number of carbonyl (C=O) groups is 1. The van der Waals surface area contributed by atoms with Gasteiger partial charge in [-0.15, -0.1) is 24.0 Å². The molecule has 27 heavy (non-hydrogen) atoms. The SMILES string of the molecule is COc1cccc(CN=C(N)N2CCN(C(=O)OC(C)(C)C)CC2)c1O.I. The lowest BCUT2D eigenvalue weighted by Crippen LogP contribution is -2.53. The largest absolute Gasteiger partial charge is 0.504 e. The zero-order valence-electron chi connectivity index (χ0n) is 16.3. The van der Waals surface area contributed by atoms with E-state index in [2.05, 4.69) is 4.99 Å². The molecule has 0 unspecified atom stereocenters. The van der Waals surface area contributed by atoms with Crippen molar-refractivity contribution in [3.05, 3.63) is 23.8 Å². The van der Waals surface area contributed by atoms with Crippen molar-refractivity contribution in [2.45, 2.75) is 32.9 Å². The van der Waals surface area contributed by atoms with E-state index in [1.807, 2.05) is 25.7 Å². The number of methoxy groups -OCH3 is 1. The number of halogens is 1. The number of phenolic OH excluding ortho intramolecular Hbond substituents is 1. The highest BCUT2D eigenvalue weighted by Crippen LogP contribution is 2.29. The topological polar surface area (TPSA) is 101 Å². The summed E-state index contributed by atoms with van der Waals surface area (Å²) in [5.74, 6) is 0.861. The number of nitrogens with zero attached hydrogens (tertiary/aromatic N) is 3. The van der Waals surface area contributed by atoms with Gasteiger partial charge in [0.1, 0.15) is 5.60 Å². The first-order valence-electron chi connectivity index (χ1n) is 8.59. The molecule has 0 spiro atoms. The third-order valence-electron chi connectivity index (χ3n) is 3.97. The molecule has 8 nitrogen and oxygen atoms in total. The highest BCUT2D eigenvalue weighted by molar-refractivity contribution is 14.0. The number of phenols is 1. The summed E-state index contributed by atoms with van der Waals surface area (Å²) in [6.07, 6.45) is -0.311. The van der Waals surface area contributed by atoms with Gasteiger partial charge in [0.15, 0.2) is 17.5 Å². The molecule has 9 heteroatoms. The van der Waals surface area contributed by atoms with E-state index in [4.69, 9.17) is 15.2 Å². The van der Waals surface area contributed by atoms with Gasteiger partial charge in [0.25, 0.3) is 0 Å². The second-order valence-corrected chi connectivity index (χ2v) is 7.10. The minimum atomic E-state index is -0.507. The van der Waals surface area contributed by atoms with Gasteiger partial charge in [-0.3, -0.25) is 0 Å². The van der Waals surface area contributed by atoms with Crippen LogP contribution in [0.15, 0.2) is 23.2 Å². The maximum absolute atomic E-state index is 12.1. The maximum Gasteiger partial charge on any atom is 0.410 e. The molecule has 1 heterocycles. The fraction of sp³-hybridized carbons (Fsp3) is 0.556. The molecule has 1 fully saturated rings. The highest BCUT2D eigenvalue weighted by atomic mass is 127. The van der Waals surface area contributed by atoms with Crippen LogP contribution in [0, 0.1) is 0 Å². The summed E-state index contributed by atoms with van der Waals surface area (Å²) in [4.78, 5) is 20.0. The van der Waals surface area contributed by atoms with Crippen molar-refractivity contribution in [2.24, 2.45) is 10.7 Å². The van der Waals surface area contributed by atoms with Crippen LogP contribution in [0.3, 0.4) is 0 Å². The number of hydrogen-bond acceptors (Lipinski definition) is 5. The second-order valence-electron chi connectivity index (χ2n) is 7.10. The number of piperazine rings is 1. The third-order valence-corrected chi connectivity index (χ3v) is 3.97. The standard InChI is InChI=1S/C18H28N4O4.HI/c1-18(2,3)26-17(24)22-10-8-21(9-11-22)16(19)20-12-13-6-5-7-14(25-4)15(13)23;/h5-7,23H,8-12H2,1-4H3,(H2,19,20);1H. The zero-order valence-corrected chi connectivity index (χ0v) is 18.6. The molecule has 1 aromatic rings. The smallest absolute Gasteiger partial charge is 0.410 e. The van der Waals surface area contributed by atoms with Crippen molar-refractivity contribution in [2.75, 3.05) is 33.3 Å². The molecule has 1 saturated heterocycles. The number of ether oxygens (including phenoxy) is 2. The van der Waals surface area contributed by atoms with Gasteiger partial charge in [-0.05, 0) is 26.8 Å². The van der Waals surface area contributed by atoms with E-state index >= 15 is 0 Å². The number of carbonyl (C=O) groups excluding carboxylic acids is 1. The molecule has 0 radical (unpaired) electrons. The predicted octanol–water partition coefficient (Wildman–Crippen LogP) is 2.39. The lowest BCUT2D eigenvalue weighted by Gasteiger charge is -2.36. The first-order chi connectivity index (χ1) is 12.2. The minimum absolute atomic E-state index is 0. The number of amides is 1. The fourth-order valence-electron chi connectivity index (χ4n) is 2.57. The number of aromatic hydroxyl groups is 1. The van der Waals surface area contributed by atoms with Crippen LogP contribution >= 0.6 is 24.0 Å². The first-order valence-corrected chi connectivity index (χ1v) is 8.59. The normalized spacial score (nSPS) is 15.2. The van der Waals surface area contributed by atoms with Crippen LogP contribution in [0.25, 0.3) is 0 Å². The number of hydrogen-bond donors (Lipinski definition) is 2. The van der Waals surface area contributed by atoms with E-state index in [-0.39, 0.29) is 42.4 Å². The molecule has 0 atom stereocenters. The fourth-order valence-corrected chi connectivity index (χ4v) is 2.57. The molecule has 3 N–H and O–H groups in total. The summed E-state index contributed by atoms with van der Waals surface area (Å²) in [5, 5.41) is 10.1. The average molecular weight is 492 g/mol. The molecule has 1 aromatic carbocycles. The summed E-state index contributed by atoms with van der Waals surface area (Å²) >= 11 is 0. The maximum atomic E-state index is 12.1. The number of para-hydroxylation sites is 1. The molecular weight excluding hydrogens is 463 g/mol. The quantitative estimate of drug-likeness (QED) is 0.382. The molecule has 0 aliphatic carbocycles. The average Bonchev–Trinajstić information content (AvgIpc) is 2.59. The van der Waals surface area contributed by atoms with Crippen molar-refractivity contribution >= 4 is 36.0 Å². The Bertz CT molecular complexity index is 668. The van der Waals surface area contributed by atoms with E-state index in [1.165, 1.54) is 7.11 Å². The molecule has 0 saturated carbocycles. The lowest BCUT2D eigenvalue weighted by atomic mass is 10.2. The predicted molar refractivity (Wildman–Crippen MR) is 115 cm³/mol. The van der Waals surface area contributed by atoms with E-state index in [1.54, 1.807) is 23.1 Å². The molecule has 1 amide bonds. The van der Waals surface area contributed by atoms with Gasteiger partial charge < -0.3 is 30.1 Å². The second kappa shape index (κ2) is 9.86. The number of aliphatic imine (C=N–C) groups is 1. The molecule has 1 aliphatic rings. The Morgan fingerprint density at radius 1 is 1.22 bits per heavy atom. The van der Waals surface area contributed by atoms with Gasteiger partial charge >= 0.3 is 6.09 Å². The van der Waals surface area contributed by atoms with Crippen molar-refractivity contribution in [3.63, 3.8) is 0 Å². The van der Waals surface area contributed by atoms with Crippen LogP contribution in [0.5, 0.6) is 11.5 Å². The third kappa shape index (κ3) is 6.64. The van der Waals surface area contributed by atoms with Crippen LogP contribution < -0.4 is 10.5 Å². The van der Waals surface area contributed by atoms with Crippen LogP contribution in [-0.4, -0.2) is 65.8 Å². The lowest BCUT2D eigenvalue weighted by molar-refractivity contribution is 0.0186. The van der Waals surface area contributed by atoms with E-state index in [9.17, 15) is 9.90 Å². The molecular formula is C18H29IN4O4. The van der Waals surface area contributed by atoms with Crippen molar-refractivity contribution in [1.29, 1.82) is 0 Å². The van der Waals surface area contributed by atoms with E-state index in [0.29, 0.717) is 43.5 Å².